The van der Waals surface area contributed by atoms with Crippen molar-refractivity contribution >= 4 is 0 Å². The van der Waals surface area contributed by atoms with E-state index >= 15 is 0 Å². The van der Waals surface area contributed by atoms with Crippen molar-refractivity contribution in [2.75, 3.05) is 6.61 Å². The van der Waals surface area contributed by atoms with Gasteiger partial charge in [0.25, 0.3) is 5.56 Å². The van der Waals surface area contributed by atoms with Crippen LogP contribution in [0.1, 0.15) is 30.2 Å². The molecule has 0 unspecified atom stereocenters. The van der Waals surface area contributed by atoms with Crippen LogP contribution in [0.5, 0.6) is 5.75 Å². The standard InChI is InChI=1S/C17H18N2O3/c1-3-6-22-16-5-4-12(8-13(16)10-20)14-7-11(2)19-17(21)15(14)9-18/h4-5,7-8,20H,3,6,10H2,1-2H3,(H,19,21). The molecule has 22 heavy (non-hydrogen) atoms. The Hall–Kier alpha value is -2.58. The molecule has 1 heterocycles. The molecule has 0 atom stereocenters. The molecule has 0 aliphatic carbocycles. The third-order valence-electron chi connectivity index (χ3n) is 3.28. The molecular weight excluding hydrogens is 280 g/mol. The van der Waals surface area contributed by atoms with E-state index in [9.17, 15) is 15.2 Å². The van der Waals surface area contributed by atoms with Crippen molar-refractivity contribution in [2.45, 2.75) is 26.9 Å². The minimum atomic E-state index is -0.408. The summed E-state index contributed by atoms with van der Waals surface area (Å²) in [5, 5.41) is 18.7. The van der Waals surface area contributed by atoms with Crippen LogP contribution in [0.15, 0.2) is 29.1 Å². The van der Waals surface area contributed by atoms with Gasteiger partial charge in [-0.05, 0) is 37.1 Å². The van der Waals surface area contributed by atoms with Crippen LogP contribution in [-0.4, -0.2) is 16.7 Å². The van der Waals surface area contributed by atoms with E-state index in [0.717, 1.165) is 6.42 Å². The van der Waals surface area contributed by atoms with E-state index in [1.165, 1.54) is 0 Å². The van der Waals surface area contributed by atoms with Crippen LogP contribution >= 0.6 is 0 Å². The normalized spacial score (nSPS) is 10.3. The number of hydrogen-bond acceptors (Lipinski definition) is 4. The summed E-state index contributed by atoms with van der Waals surface area (Å²) in [5.41, 5.74) is 2.23. The molecule has 0 saturated carbocycles. The highest BCUT2D eigenvalue weighted by molar-refractivity contribution is 5.71. The molecule has 2 aromatic rings. The molecule has 2 N–H and O–H groups in total. The maximum absolute atomic E-state index is 11.9. The number of aryl methyl sites for hydroxylation is 1. The molecule has 5 heteroatoms. The van der Waals surface area contributed by atoms with E-state index < -0.39 is 5.56 Å². The van der Waals surface area contributed by atoms with Gasteiger partial charge in [-0.1, -0.05) is 13.0 Å². The summed E-state index contributed by atoms with van der Waals surface area (Å²) in [6.07, 6.45) is 0.873. The van der Waals surface area contributed by atoms with E-state index in [0.29, 0.717) is 34.7 Å². The molecule has 0 radical (unpaired) electrons. The molecule has 0 bridgehead atoms. The zero-order valence-electron chi connectivity index (χ0n) is 12.6. The van der Waals surface area contributed by atoms with Crippen molar-refractivity contribution in [2.24, 2.45) is 0 Å². The fourth-order valence-electron chi connectivity index (χ4n) is 2.25. The summed E-state index contributed by atoms with van der Waals surface area (Å²) in [7, 11) is 0. The number of nitrogens with zero attached hydrogens (tertiary/aromatic N) is 1. The van der Waals surface area contributed by atoms with E-state index in [1.54, 1.807) is 31.2 Å². The van der Waals surface area contributed by atoms with Crippen LogP contribution in [0.2, 0.25) is 0 Å². The molecule has 2 rings (SSSR count). The largest absolute Gasteiger partial charge is 0.493 e. The summed E-state index contributed by atoms with van der Waals surface area (Å²) in [5.74, 6) is 0.619. The first-order valence-corrected chi connectivity index (χ1v) is 7.11. The summed E-state index contributed by atoms with van der Waals surface area (Å²) < 4.78 is 5.58. The number of aliphatic hydroxyl groups is 1. The quantitative estimate of drug-likeness (QED) is 0.888. The van der Waals surface area contributed by atoms with E-state index in [4.69, 9.17) is 4.74 Å². The minimum Gasteiger partial charge on any atom is -0.493 e. The number of aliphatic hydroxyl groups excluding tert-OH is 1. The second-order valence-electron chi connectivity index (χ2n) is 5.01. The van der Waals surface area contributed by atoms with Gasteiger partial charge in [0, 0.05) is 16.8 Å². The van der Waals surface area contributed by atoms with Crippen LogP contribution in [0, 0.1) is 18.3 Å². The molecule has 0 aliphatic rings. The van der Waals surface area contributed by atoms with Gasteiger partial charge in [-0.2, -0.15) is 5.26 Å². The summed E-state index contributed by atoms with van der Waals surface area (Å²) in [4.78, 5) is 14.5. The first-order chi connectivity index (χ1) is 10.6. The number of nitriles is 1. The number of benzene rings is 1. The van der Waals surface area contributed by atoms with E-state index in [1.807, 2.05) is 13.0 Å². The fourth-order valence-corrected chi connectivity index (χ4v) is 2.25. The minimum absolute atomic E-state index is 0.0664. The Kier molecular flexibility index (Phi) is 4.97. The van der Waals surface area contributed by atoms with Gasteiger partial charge in [0.1, 0.15) is 17.4 Å². The van der Waals surface area contributed by atoms with Crippen LogP contribution in [0.4, 0.5) is 0 Å². The Morgan fingerprint density at radius 1 is 1.36 bits per heavy atom. The molecule has 5 nitrogen and oxygen atoms in total. The lowest BCUT2D eigenvalue weighted by molar-refractivity contribution is 0.263. The first-order valence-electron chi connectivity index (χ1n) is 7.11. The number of rotatable bonds is 5. The van der Waals surface area contributed by atoms with Gasteiger partial charge in [0.15, 0.2) is 0 Å². The summed E-state index contributed by atoms with van der Waals surface area (Å²) in [6, 6.07) is 8.99. The Labute approximate surface area is 128 Å². The van der Waals surface area contributed by atoms with E-state index in [-0.39, 0.29) is 12.2 Å². The lowest BCUT2D eigenvalue weighted by Gasteiger charge is -2.12. The van der Waals surface area contributed by atoms with Gasteiger partial charge in [0.2, 0.25) is 0 Å². The Morgan fingerprint density at radius 2 is 2.14 bits per heavy atom. The van der Waals surface area contributed by atoms with Crippen molar-refractivity contribution in [3.8, 4) is 22.9 Å². The number of pyridine rings is 1. The average Bonchev–Trinajstić information content (AvgIpc) is 2.52. The highest BCUT2D eigenvalue weighted by Gasteiger charge is 2.12. The topological polar surface area (TPSA) is 86.1 Å². The molecule has 0 aliphatic heterocycles. The number of aromatic amines is 1. The molecule has 0 saturated heterocycles. The Morgan fingerprint density at radius 3 is 2.77 bits per heavy atom. The van der Waals surface area contributed by atoms with Gasteiger partial charge in [-0.3, -0.25) is 4.79 Å². The number of aromatic nitrogens is 1. The van der Waals surface area contributed by atoms with Gasteiger partial charge in [0.05, 0.1) is 13.2 Å². The number of nitrogens with one attached hydrogen (secondary N) is 1. The average molecular weight is 298 g/mol. The molecule has 114 valence electrons. The van der Waals surface area contributed by atoms with Crippen LogP contribution in [-0.2, 0) is 6.61 Å². The monoisotopic (exact) mass is 298 g/mol. The van der Waals surface area contributed by atoms with Gasteiger partial charge in [-0.15, -0.1) is 0 Å². The van der Waals surface area contributed by atoms with Crippen LogP contribution in [0.3, 0.4) is 0 Å². The van der Waals surface area contributed by atoms with Crippen molar-refractivity contribution < 1.29 is 9.84 Å². The summed E-state index contributed by atoms with van der Waals surface area (Å²) in [6.45, 7) is 4.17. The first kappa shape index (κ1) is 15.8. The molecule has 0 fully saturated rings. The summed E-state index contributed by atoms with van der Waals surface area (Å²) >= 11 is 0. The van der Waals surface area contributed by atoms with Crippen LogP contribution in [0.25, 0.3) is 11.1 Å². The Bertz CT molecular complexity index is 772. The van der Waals surface area contributed by atoms with Crippen molar-refractivity contribution in [1.82, 2.24) is 4.98 Å². The number of ether oxygens (including phenoxy) is 1. The van der Waals surface area contributed by atoms with Crippen molar-refractivity contribution in [3.63, 3.8) is 0 Å². The molecule has 0 amide bonds. The second-order valence-corrected chi connectivity index (χ2v) is 5.01. The molecule has 1 aromatic carbocycles. The highest BCUT2D eigenvalue weighted by Crippen LogP contribution is 2.28. The van der Waals surface area contributed by atoms with Crippen molar-refractivity contribution in [1.29, 1.82) is 5.26 Å². The van der Waals surface area contributed by atoms with Gasteiger partial charge >= 0.3 is 0 Å². The Balaban J connectivity index is 2.55. The van der Waals surface area contributed by atoms with Crippen LogP contribution < -0.4 is 10.3 Å². The maximum Gasteiger partial charge on any atom is 0.266 e. The zero-order chi connectivity index (χ0) is 16.1. The predicted octanol–water partition coefficient (Wildman–Crippen LogP) is 2.50. The lowest BCUT2D eigenvalue weighted by atomic mass is 9.99. The van der Waals surface area contributed by atoms with Crippen molar-refractivity contribution in [3.05, 3.63) is 51.4 Å². The molecule has 0 spiro atoms. The van der Waals surface area contributed by atoms with Gasteiger partial charge < -0.3 is 14.8 Å². The third-order valence-corrected chi connectivity index (χ3v) is 3.28. The van der Waals surface area contributed by atoms with Gasteiger partial charge in [-0.25, -0.2) is 0 Å². The second kappa shape index (κ2) is 6.92. The number of H-pyrrole nitrogens is 1. The lowest BCUT2D eigenvalue weighted by Crippen LogP contribution is -2.12. The molecular formula is C17H18N2O3. The maximum atomic E-state index is 11.9. The molecule has 1 aromatic heterocycles. The fraction of sp³-hybridized carbons (Fsp3) is 0.294. The predicted molar refractivity (Wildman–Crippen MR) is 83.7 cm³/mol. The highest BCUT2D eigenvalue weighted by atomic mass is 16.5. The van der Waals surface area contributed by atoms with E-state index in [2.05, 4.69) is 4.98 Å². The number of hydrogen-bond donors (Lipinski definition) is 2. The SMILES string of the molecule is CCCOc1ccc(-c2cc(C)[nH]c(=O)c2C#N)cc1CO. The third kappa shape index (κ3) is 3.18. The zero-order valence-corrected chi connectivity index (χ0v) is 12.6. The smallest absolute Gasteiger partial charge is 0.266 e.